The van der Waals surface area contributed by atoms with E-state index in [1.54, 1.807) is 27.7 Å². The highest BCUT2D eigenvalue weighted by Crippen LogP contribution is 2.20. The Morgan fingerprint density at radius 3 is 1.06 bits per heavy atom. The lowest BCUT2D eigenvalue weighted by Crippen LogP contribution is -2.15. The lowest BCUT2D eigenvalue weighted by atomic mass is 9.97. The highest BCUT2D eigenvalue weighted by molar-refractivity contribution is 5.26. The zero-order valence-electron chi connectivity index (χ0n) is 19.8. The fraction of sp³-hybridized carbons (Fsp3) is 0.538. The quantitative estimate of drug-likeness (QED) is 0.404. The number of ether oxygens (including phenoxy) is 4. The molecule has 0 aliphatic rings. The van der Waals surface area contributed by atoms with Crippen LogP contribution >= 0.6 is 0 Å². The van der Waals surface area contributed by atoms with Gasteiger partial charge < -0.3 is 29.2 Å². The van der Waals surface area contributed by atoms with Crippen molar-refractivity contribution in [2.75, 3.05) is 39.6 Å². The lowest BCUT2D eigenvalue weighted by molar-refractivity contribution is -0.00620. The first-order chi connectivity index (χ1) is 15.2. The Bertz CT molecular complexity index is 689. The van der Waals surface area contributed by atoms with Crippen LogP contribution in [0.1, 0.15) is 49.9 Å². The van der Waals surface area contributed by atoms with Gasteiger partial charge in [-0.2, -0.15) is 0 Å². The summed E-state index contributed by atoms with van der Waals surface area (Å²) in [5, 5.41) is 19.9. The van der Waals surface area contributed by atoms with E-state index in [9.17, 15) is 10.2 Å². The lowest BCUT2D eigenvalue weighted by Gasteiger charge is -2.17. The maximum Gasteiger partial charge on any atom is 0.0840 e. The molecule has 0 unspecified atom stereocenters. The van der Waals surface area contributed by atoms with Crippen LogP contribution in [0.4, 0.5) is 0 Å². The van der Waals surface area contributed by atoms with Crippen molar-refractivity contribution in [1.29, 1.82) is 0 Å². The van der Waals surface area contributed by atoms with Crippen LogP contribution in [0.2, 0.25) is 0 Å². The van der Waals surface area contributed by atoms with Crippen LogP contribution in [0.15, 0.2) is 48.5 Å². The van der Waals surface area contributed by atoms with Gasteiger partial charge in [-0.25, -0.2) is 0 Å². The van der Waals surface area contributed by atoms with Gasteiger partial charge in [-0.1, -0.05) is 48.5 Å². The molecule has 2 N–H and O–H groups in total. The van der Waals surface area contributed by atoms with Crippen molar-refractivity contribution in [3.8, 4) is 0 Å². The highest BCUT2D eigenvalue weighted by Gasteiger charge is 2.15. The summed E-state index contributed by atoms with van der Waals surface area (Å²) in [5.74, 6) is 0. The second-order valence-electron chi connectivity index (χ2n) is 8.84. The van der Waals surface area contributed by atoms with Crippen LogP contribution in [0.25, 0.3) is 0 Å². The Labute approximate surface area is 192 Å². The summed E-state index contributed by atoms with van der Waals surface area (Å²) in [6.07, 6.45) is 0. The van der Waals surface area contributed by atoms with E-state index in [1.165, 1.54) is 0 Å². The largest absolute Gasteiger partial charge is 0.386 e. The monoisotopic (exact) mass is 446 g/mol. The van der Waals surface area contributed by atoms with Crippen molar-refractivity contribution in [2.45, 2.75) is 52.1 Å². The standard InChI is InChI=1S/C26H38O6/c1-25(2,27)23-9-5-21(6-10-23)19-31-17-15-29-13-14-30-16-18-32-20-22-7-11-24(12-8-22)26(3,4)28/h5-12,27-28H,13-20H2,1-4H3. The molecular weight excluding hydrogens is 408 g/mol. The molecule has 2 rings (SSSR count). The molecule has 32 heavy (non-hydrogen) atoms. The summed E-state index contributed by atoms with van der Waals surface area (Å²) in [7, 11) is 0. The molecule has 0 aliphatic carbocycles. The molecule has 0 aromatic heterocycles. The second-order valence-corrected chi connectivity index (χ2v) is 8.84. The van der Waals surface area contributed by atoms with Gasteiger partial charge in [0.25, 0.3) is 0 Å². The van der Waals surface area contributed by atoms with Crippen molar-refractivity contribution < 1.29 is 29.2 Å². The predicted molar refractivity (Wildman–Crippen MR) is 124 cm³/mol. The molecule has 0 bridgehead atoms. The van der Waals surface area contributed by atoms with E-state index in [1.807, 2.05) is 48.5 Å². The van der Waals surface area contributed by atoms with Crippen molar-refractivity contribution >= 4 is 0 Å². The minimum Gasteiger partial charge on any atom is -0.386 e. The van der Waals surface area contributed by atoms with Crippen molar-refractivity contribution in [3.05, 3.63) is 70.8 Å². The fourth-order valence-corrected chi connectivity index (χ4v) is 2.96. The number of aliphatic hydroxyl groups is 2. The summed E-state index contributed by atoms with van der Waals surface area (Å²) in [4.78, 5) is 0. The van der Waals surface area contributed by atoms with Crippen molar-refractivity contribution in [2.24, 2.45) is 0 Å². The number of hydrogen-bond acceptors (Lipinski definition) is 6. The maximum absolute atomic E-state index is 9.96. The maximum atomic E-state index is 9.96. The van der Waals surface area contributed by atoms with Gasteiger partial charge in [-0.3, -0.25) is 0 Å². The molecule has 0 fully saturated rings. The molecule has 0 radical (unpaired) electrons. The van der Waals surface area contributed by atoms with E-state index in [4.69, 9.17) is 18.9 Å². The molecule has 0 atom stereocenters. The molecule has 0 heterocycles. The summed E-state index contributed by atoms with van der Waals surface area (Å²) in [6, 6.07) is 15.6. The number of rotatable bonds is 15. The predicted octanol–water partition coefficient (Wildman–Crippen LogP) is 3.91. The third kappa shape index (κ3) is 10.2. The zero-order valence-corrected chi connectivity index (χ0v) is 19.8. The normalized spacial score (nSPS) is 12.3. The molecule has 0 aliphatic heterocycles. The Balaban J connectivity index is 1.42. The molecule has 0 saturated heterocycles. The molecule has 178 valence electrons. The highest BCUT2D eigenvalue weighted by atomic mass is 16.6. The molecule has 6 nitrogen and oxygen atoms in total. The zero-order chi connectivity index (χ0) is 23.5. The van der Waals surface area contributed by atoms with Gasteiger partial charge in [0.15, 0.2) is 0 Å². The van der Waals surface area contributed by atoms with Gasteiger partial charge in [0, 0.05) is 0 Å². The average Bonchev–Trinajstić information content (AvgIpc) is 2.74. The molecule has 2 aromatic rings. The Morgan fingerprint density at radius 1 is 0.500 bits per heavy atom. The third-order valence-corrected chi connectivity index (χ3v) is 4.97. The molecular formula is C26H38O6. The minimum absolute atomic E-state index is 0.516. The first-order valence-electron chi connectivity index (χ1n) is 11.1. The van der Waals surface area contributed by atoms with Crippen LogP contribution < -0.4 is 0 Å². The third-order valence-electron chi connectivity index (χ3n) is 4.97. The number of hydrogen-bond donors (Lipinski definition) is 2. The summed E-state index contributed by atoms with van der Waals surface area (Å²) >= 11 is 0. The van der Waals surface area contributed by atoms with Crippen LogP contribution in [0.5, 0.6) is 0 Å². The molecule has 2 aromatic carbocycles. The average molecular weight is 447 g/mol. The first kappa shape index (κ1) is 26.5. The first-order valence-corrected chi connectivity index (χ1v) is 11.1. The smallest absolute Gasteiger partial charge is 0.0840 e. The van der Waals surface area contributed by atoms with E-state index in [0.717, 1.165) is 22.3 Å². The van der Waals surface area contributed by atoms with E-state index >= 15 is 0 Å². The van der Waals surface area contributed by atoms with Crippen LogP contribution in [0, 0.1) is 0 Å². The summed E-state index contributed by atoms with van der Waals surface area (Å²) in [5.41, 5.74) is 2.24. The fourth-order valence-electron chi connectivity index (χ4n) is 2.96. The summed E-state index contributed by atoms with van der Waals surface area (Å²) in [6.45, 7) is 11.2. The molecule has 0 spiro atoms. The van der Waals surface area contributed by atoms with E-state index in [-0.39, 0.29) is 0 Å². The van der Waals surface area contributed by atoms with E-state index in [0.29, 0.717) is 52.9 Å². The van der Waals surface area contributed by atoms with Gasteiger partial charge >= 0.3 is 0 Å². The molecule has 0 saturated carbocycles. The Morgan fingerprint density at radius 2 is 0.781 bits per heavy atom. The van der Waals surface area contributed by atoms with Crippen molar-refractivity contribution in [1.82, 2.24) is 0 Å². The van der Waals surface area contributed by atoms with Gasteiger partial charge in [0.2, 0.25) is 0 Å². The second kappa shape index (κ2) is 13.0. The topological polar surface area (TPSA) is 77.4 Å². The van der Waals surface area contributed by atoms with Gasteiger partial charge in [-0.05, 0) is 49.9 Å². The van der Waals surface area contributed by atoms with Gasteiger partial charge in [-0.15, -0.1) is 0 Å². The minimum atomic E-state index is -0.827. The van der Waals surface area contributed by atoms with Crippen LogP contribution in [-0.2, 0) is 43.4 Å². The SMILES string of the molecule is CC(C)(O)c1ccc(COCCOCCOCCOCc2ccc(C(C)(C)O)cc2)cc1. The molecule has 6 heteroatoms. The van der Waals surface area contributed by atoms with Crippen LogP contribution in [-0.4, -0.2) is 49.9 Å². The van der Waals surface area contributed by atoms with Crippen LogP contribution in [0.3, 0.4) is 0 Å². The van der Waals surface area contributed by atoms with Gasteiger partial charge in [0.1, 0.15) is 0 Å². The van der Waals surface area contributed by atoms with Gasteiger partial charge in [0.05, 0.1) is 64.1 Å². The number of benzene rings is 2. The van der Waals surface area contributed by atoms with E-state index < -0.39 is 11.2 Å². The van der Waals surface area contributed by atoms with Crippen molar-refractivity contribution in [3.63, 3.8) is 0 Å². The Hall–Kier alpha value is -1.80. The molecule has 0 amide bonds. The Kier molecular flexibility index (Phi) is 10.8. The summed E-state index contributed by atoms with van der Waals surface area (Å²) < 4.78 is 22.2. The van der Waals surface area contributed by atoms with E-state index in [2.05, 4.69) is 0 Å².